The first-order valence-electron chi connectivity index (χ1n) is 7.17. The summed E-state index contributed by atoms with van der Waals surface area (Å²) in [6, 6.07) is 5.07. The molecule has 1 aliphatic carbocycles. The lowest BCUT2D eigenvalue weighted by Gasteiger charge is -2.35. The number of nitrogens with zero attached hydrogens (tertiary/aromatic N) is 1. The van der Waals surface area contributed by atoms with E-state index in [4.69, 9.17) is 4.74 Å². The van der Waals surface area contributed by atoms with Crippen LogP contribution in [0.15, 0.2) is 35.5 Å². The van der Waals surface area contributed by atoms with Crippen LogP contribution in [-0.4, -0.2) is 30.1 Å². The number of nitrogens with one attached hydrogen (secondary N) is 1. The Morgan fingerprint density at radius 1 is 1.36 bits per heavy atom. The van der Waals surface area contributed by atoms with E-state index in [2.05, 4.69) is 5.32 Å². The van der Waals surface area contributed by atoms with Gasteiger partial charge in [-0.25, -0.2) is 14.0 Å². The molecule has 0 bridgehead atoms. The number of carbonyl (C=O) groups excluding carboxylic acids is 2. The minimum Gasteiger partial charge on any atom is -0.466 e. The summed E-state index contributed by atoms with van der Waals surface area (Å²) >= 11 is 0. The number of rotatable bonds is 3. The lowest BCUT2D eigenvalue weighted by Crippen LogP contribution is -2.49. The molecule has 2 aliphatic rings. The van der Waals surface area contributed by atoms with Crippen molar-refractivity contribution < 1.29 is 18.7 Å². The van der Waals surface area contributed by atoms with Crippen LogP contribution in [0.5, 0.6) is 0 Å². The van der Waals surface area contributed by atoms with E-state index in [9.17, 15) is 14.0 Å². The van der Waals surface area contributed by atoms with Gasteiger partial charge in [0.1, 0.15) is 5.82 Å². The number of amides is 2. The van der Waals surface area contributed by atoms with Crippen LogP contribution < -0.4 is 5.32 Å². The highest BCUT2D eigenvalue weighted by Gasteiger charge is 2.42. The molecular weight excluding hydrogens is 287 g/mol. The van der Waals surface area contributed by atoms with E-state index in [1.165, 1.54) is 13.2 Å². The summed E-state index contributed by atoms with van der Waals surface area (Å²) < 4.78 is 18.9. The van der Waals surface area contributed by atoms with E-state index < -0.39 is 17.8 Å². The predicted molar refractivity (Wildman–Crippen MR) is 77.2 cm³/mol. The second kappa shape index (κ2) is 5.44. The molecule has 1 fully saturated rings. The molecule has 0 aromatic heterocycles. The minimum atomic E-state index is -0.837. The van der Waals surface area contributed by atoms with Gasteiger partial charge in [-0.3, -0.25) is 4.90 Å². The van der Waals surface area contributed by atoms with Crippen molar-refractivity contribution in [2.24, 2.45) is 0 Å². The zero-order chi connectivity index (χ0) is 15.9. The summed E-state index contributed by atoms with van der Waals surface area (Å²) in [5, 5.41) is 2.73. The second-order valence-corrected chi connectivity index (χ2v) is 5.50. The number of hydrogen-bond acceptors (Lipinski definition) is 3. The summed E-state index contributed by atoms with van der Waals surface area (Å²) in [6.45, 7) is 1.71. The first kappa shape index (κ1) is 14.6. The lowest BCUT2D eigenvalue weighted by molar-refractivity contribution is -0.136. The maximum absolute atomic E-state index is 14.1. The van der Waals surface area contributed by atoms with Gasteiger partial charge in [-0.1, -0.05) is 18.2 Å². The third-order valence-electron chi connectivity index (χ3n) is 4.06. The number of halogens is 1. The fraction of sp³-hybridized carbons (Fsp3) is 0.375. The highest BCUT2D eigenvalue weighted by molar-refractivity contribution is 5.95. The molecule has 2 amide bonds. The van der Waals surface area contributed by atoms with Crippen molar-refractivity contribution in [2.45, 2.75) is 31.8 Å². The first-order valence-corrected chi connectivity index (χ1v) is 7.17. The standard InChI is InChI=1S/C16H17FN2O3/c1-9-13(15(20)22-2)14(11-5-3-4-6-12(11)17)18-16(21)19(9)10-7-8-10/h3-6,10,14H,7-8H2,1-2H3,(H,18,21)/t14-/m0/s1. The van der Waals surface area contributed by atoms with E-state index in [-0.39, 0.29) is 23.2 Å². The maximum Gasteiger partial charge on any atom is 0.337 e. The Morgan fingerprint density at radius 2 is 2.05 bits per heavy atom. The molecule has 0 radical (unpaired) electrons. The van der Waals surface area contributed by atoms with Crippen molar-refractivity contribution in [1.29, 1.82) is 0 Å². The van der Waals surface area contributed by atoms with E-state index in [1.807, 2.05) is 0 Å². The van der Waals surface area contributed by atoms with E-state index >= 15 is 0 Å². The SMILES string of the molecule is COC(=O)C1=C(C)N(C2CC2)C(=O)N[C@H]1c1ccccc1F. The molecule has 1 atom stereocenters. The van der Waals surface area contributed by atoms with Crippen molar-refractivity contribution in [1.82, 2.24) is 10.2 Å². The van der Waals surface area contributed by atoms with Gasteiger partial charge in [0, 0.05) is 17.3 Å². The van der Waals surface area contributed by atoms with Crippen LogP contribution in [0.25, 0.3) is 0 Å². The topological polar surface area (TPSA) is 58.6 Å². The number of allylic oxidation sites excluding steroid dienone is 1. The van der Waals surface area contributed by atoms with Gasteiger partial charge in [0.15, 0.2) is 0 Å². The molecule has 0 saturated heterocycles. The van der Waals surface area contributed by atoms with Gasteiger partial charge in [0.2, 0.25) is 0 Å². The molecule has 5 nitrogen and oxygen atoms in total. The Morgan fingerprint density at radius 3 is 2.64 bits per heavy atom. The van der Waals surface area contributed by atoms with E-state index in [0.29, 0.717) is 5.70 Å². The molecule has 116 valence electrons. The highest BCUT2D eigenvalue weighted by Crippen LogP contribution is 2.38. The molecule has 1 saturated carbocycles. The minimum absolute atomic E-state index is 0.112. The van der Waals surface area contributed by atoms with Crippen molar-refractivity contribution in [3.8, 4) is 0 Å². The van der Waals surface area contributed by atoms with Gasteiger partial charge in [-0.15, -0.1) is 0 Å². The van der Waals surface area contributed by atoms with Crippen LogP contribution in [0.1, 0.15) is 31.4 Å². The molecular formula is C16H17FN2O3. The molecule has 1 N–H and O–H groups in total. The Balaban J connectivity index is 2.11. The number of carbonyl (C=O) groups is 2. The third-order valence-corrected chi connectivity index (χ3v) is 4.06. The quantitative estimate of drug-likeness (QED) is 0.873. The van der Waals surface area contributed by atoms with Gasteiger partial charge in [-0.2, -0.15) is 0 Å². The molecule has 1 heterocycles. The normalized spacial score (nSPS) is 21.7. The first-order chi connectivity index (χ1) is 10.5. The molecule has 1 aromatic rings. The zero-order valence-electron chi connectivity index (χ0n) is 12.4. The average molecular weight is 304 g/mol. The predicted octanol–water partition coefficient (Wildman–Crippen LogP) is 2.50. The van der Waals surface area contributed by atoms with Gasteiger partial charge < -0.3 is 10.1 Å². The van der Waals surface area contributed by atoms with Crippen LogP contribution in [0.3, 0.4) is 0 Å². The van der Waals surface area contributed by atoms with Crippen LogP contribution >= 0.6 is 0 Å². The number of hydrogen-bond donors (Lipinski definition) is 1. The van der Waals surface area contributed by atoms with Crippen molar-refractivity contribution in [3.05, 3.63) is 46.9 Å². The molecule has 22 heavy (non-hydrogen) atoms. The number of benzene rings is 1. The number of esters is 1. The highest BCUT2D eigenvalue weighted by atomic mass is 19.1. The van der Waals surface area contributed by atoms with Crippen LogP contribution in [0, 0.1) is 5.82 Å². The molecule has 1 aromatic carbocycles. The fourth-order valence-corrected chi connectivity index (χ4v) is 2.85. The number of urea groups is 1. The van der Waals surface area contributed by atoms with Gasteiger partial charge in [0.25, 0.3) is 0 Å². The van der Waals surface area contributed by atoms with Crippen LogP contribution in [0.4, 0.5) is 9.18 Å². The monoisotopic (exact) mass is 304 g/mol. The summed E-state index contributed by atoms with van der Waals surface area (Å²) in [7, 11) is 1.28. The Hall–Kier alpha value is -2.37. The van der Waals surface area contributed by atoms with Crippen molar-refractivity contribution >= 4 is 12.0 Å². The molecule has 0 spiro atoms. The summed E-state index contributed by atoms with van der Waals surface area (Å²) in [4.78, 5) is 26.1. The molecule has 1 aliphatic heterocycles. The summed E-state index contributed by atoms with van der Waals surface area (Å²) in [6.07, 6.45) is 1.81. The number of ether oxygens (including phenoxy) is 1. The van der Waals surface area contributed by atoms with Crippen molar-refractivity contribution in [2.75, 3.05) is 7.11 Å². The zero-order valence-corrected chi connectivity index (χ0v) is 12.4. The molecule has 6 heteroatoms. The second-order valence-electron chi connectivity index (χ2n) is 5.50. The Bertz CT molecular complexity index is 667. The van der Waals surface area contributed by atoms with E-state index in [1.54, 1.807) is 30.0 Å². The Labute approximate surface area is 127 Å². The summed E-state index contributed by atoms with van der Waals surface area (Å²) in [5.74, 6) is -1.03. The van der Waals surface area contributed by atoms with Gasteiger partial charge >= 0.3 is 12.0 Å². The fourth-order valence-electron chi connectivity index (χ4n) is 2.85. The smallest absolute Gasteiger partial charge is 0.337 e. The largest absolute Gasteiger partial charge is 0.466 e. The van der Waals surface area contributed by atoms with Crippen LogP contribution in [0.2, 0.25) is 0 Å². The van der Waals surface area contributed by atoms with Crippen LogP contribution in [-0.2, 0) is 9.53 Å². The third kappa shape index (κ3) is 2.34. The van der Waals surface area contributed by atoms with Gasteiger partial charge in [0.05, 0.1) is 18.7 Å². The molecule has 0 unspecified atom stereocenters. The van der Waals surface area contributed by atoms with Gasteiger partial charge in [-0.05, 0) is 25.8 Å². The van der Waals surface area contributed by atoms with E-state index in [0.717, 1.165) is 12.8 Å². The maximum atomic E-state index is 14.1. The lowest BCUT2D eigenvalue weighted by atomic mass is 9.94. The molecule has 3 rings (SSSR count). The average Bonchev–Trinajstić information content (AvgIpc) is 3.31. The summed E-state index contributed by atoms with van der Waals surface area (Å²) in [5.41, 5.74) is 1.07. The van der Waals surface area contributed by atoms with Crippen molar-refractivity contribution in [3.63, 3.8) is 0 Å². The Kier molecular flexibility index (Phi) is 3.60. The number of methoxy groups -OCH3 is 1.